The van der Waals surface area contributed by atoms with Gasteiger partial charge in [-0.1, -0.05) is 39.7 Å². The molecule has 0 aromatic heterocycles. The highest BCUT2D eigenvalue weighted by molar-refractivity contribution is 5.81. The van der Waals surface area contributed by atoms with Gasteiger partial charge in [0.1, 0.15) is 6.61 Å². The molecule has 16 heavy (non-hydrogen) atoms. The van der Waals surface area contributed by atoms with Gasteiger partial charge in [0.15, 0.2) is 0 Å². The van der Waals surface area contributed by atoms with Crippen molar-refractivity contribution in [1.29, 1.82) is 0 Å². The summed E-state index contributed by atoms with van der Waals surface area (Å²) in [7, 11) is 0. The van der Waals surface area contributed by atoms with Crippen LogP contribution >= 0.6 is 0 Å². The second-order valence-corrected chi connectivity index (χ2v) is 3.82. The third kappa shape index (κ3) is 8.48. The lowest BCUT2D eigenvalue weighted by Gasteiger charge is -2.17. The third-order valence-electron chi connectivity index (χ3n) is 2.31. The molecule has 0 spiro atoms. The average Bonchev–Trinajstić information content (AvgIpc) is 2.31. The van der Waals surface area contributed by atoms with Crippen LogP contribution in [0, 0.1) is 0 Å². The molecule has 0 saturated carbocycles. The Morgan fingerprint density at radius 3 is 2.56 bits per heavy atom. The van der Waals surface area contributed by atoms with E-state index in [9.17, 15) is 4.79 Å². The van der Waals surface area contributed by atoms with Crippen molar-refractivity contribution in [2.24, 2.45) is 0 Å². The van der Waals surface area contributed by atoms with E-state index in [1.165, 1.54) is 6.08 Å². The summed E-state index contributed by atoms with van der Waals surface area (Å²) >= 11 is 0. The monoisotopic (exact) mass is 228 g/mol. The Bertz CT molecular complexity index is 190. The van der Waals surface area contributed by atoms with Crippen LogP contribution in [0.5, 0.6) is 0 Å². The molecule has 1 unspecified atom stereocenters. The minimum absolute atomic E-state index is 0.0374. The van der Waals surface area contributed by atoms with Crippen molar-refractivity contribution in [3.05, 3.63) is 12.7 Å². The normalized spacial score (nSPS) is 12.1. The van der Waals surface area contributed by atoms with Crippen LogP contribution in [-0.4, -0.2) is 25.3 Å². The lowest BCUT2D eigenvalue weighted by atomic mass is 10.2. The summed E-state index contributed by atoms with van der Waals surface area (Å²) in [6, 6.07) is 0. The van der Waals surface area contributed by atoms with Crippen molar-refractivity contribution >= 4 is 5.97 Å². The van der Waals surface area contributed by atoms with Gasteiger partial charge in [-0.2, -0.15) is 0 Å². The highest BCUT2D eigenvalue weighted by atomic mass is 16.6. The number of hydrogen-bond acceptors (Lipinski definition) is 3. The molecule has 0 aromatic carbocycles. The second-order valence-electron chi connectivity index (χ2n) is 3.82. The molecule has 0 aromatic rings. The van der Waals surface area contributed by atoms with E-state index in [2.05, 4.69) is 20.4 Å². The Morgan fingerprint density at radius 2 is 2.00 bits per heavy atom. The molecule has 0 fully saturated rings. The molecule has 0 N–H and O–H groups in total. The van der Waals surface area contributed by atoms with Gasteiger partial charge in [0, 0.05) is 12.7 Å². The molecular weight excluding hydrogens is 204 g/mol. The van der Waals surface area contributed by atoms with Crippen molar-refractivity contribution in [2.45, 2.75) is 52.1 Å². The van der Waals surface area contributed by atoms with Crippen LogP contribution in [0.2, 0.25) is 0 Å². The average molecular weight is 228 g/mol. The number of carbonyl (C=O) groups excluding carboxylic acids is 1. The number of rotatable bonds is 10. The Hall–Kier alpha value is -0.830. The van der Waals surface area contributed by atoms with Crippen LogP contribution in [0.4, 0.5) is 0 Å². The van der Waals surface area contributed by atoms with E-state index >= 15 is 0 Å². The Labute approximate surface area is 98.8 Å². The van der Waals surface area contributed by atoms with Crippen LogP contribution < -0.4 is 0 Å². The third-order valence-corrected chi connectivity index (χ3v) is 2.31. The molecule has 0 rings (SSSR count). The number of ether oxygens (including phenoxy) is 2. The maximum atomic E-state index is 10.9. The summed E-state index contributed by atoms with van der Waals surface area (Å²) < 4.78 is 10.7. The van der Waals surface area contributed by atoms with Crippen LogP contribution in [0.15, 0.2) is 12.7 Å². The summed E-state index contributed by atoms with van der Waals surface area (Å²) in [5.41, 5.74) is 0. The lowest BCUT2D eigenvalue weighted by molar-refractivity contribution is -0.142. The van der Waals surface area contributed by atoms with Crippen molar-refractivity contribution in [1.82, 2.24) is 0 Å². The molecule has 0 aliphatic carbocycles. The predicted molar refractivity (Wildman–Crippen MR) is 65.3 cm³/mol. The molecule has 3 heteroatoms. The number of hydrogen-bond donors (Lipinski definition) is 0. The number of carbonyl (C=O) groups is 1. The van der Waals surface area contributed by atoms with Gasteiger partial charge in [0.2, 0.25) is 0 Å². The first-order chi connectivity index (χ1) is 7.74. The molecule has 0 saturated heterocycles. The molecule has 0 bridgehead atoms. The van der Waals surface area contributed by atoms with Gasteiger partial charge in [0.05, 0.1) is 6.10 Å². The summed E-state index contributed by atoms with van der Waals surface area (Å²) in [6.07, 6.45) is 6.57. The van der Waals surface area contributed by atoms with Crippen molar-refractivity contribution in [3.63, 3.8) is 0 Å². The van der Waals surface area contributed by atoms with Crippen LogP contribution in [0.3, 0.4) is 0 Å². The first-order valence-corrected chi connectivity index (χ1v) is 6.15. The molecule has 0 amide bonds. The smallest absolute Gasteiger partial charge is 0.330 e. The summed E-state index contributed by atoms with van der Waals surface area (Å²) in [5, 5.41) is 0. The topological polar surface area (TPSA) is 35.5 Å². The zero-order valence-corrected chi connectivity index (χ0v) is 10.5. The van der Waals surface area contributed by atoms with Gasteiger partial charge >= 0.3 is 5.97 Å². The first-order valence-electron chi connectivity index (χ1n) is 6.15. The molecule has 0 heterocycles. The minimum Gasteiger partial charge on any atom is -0.460 e. The fraction of sp³-hybridized carbons (Fsp3) is 0.769. The Morgan fingerprint density at radius 1 is 1.31 bits per heavy atom. The van der Waals surface area contributed by atoms with Crippen LogP contribution in [-0.2, 0) is 14.3 Å². The SMILES string of the molecule is C=CC(=O)OCC(CCCC)OCCCC. The van der Waals surface area contributed by atoms with Crippen molar-refractivity contribution < 1.29 is 14.3 Å². The van der Waals surface area contributed by atoms with Gasteiger partial charge in [-0.25, -0.2) is 4.79 Å². The Balaban J connectivity index is 3.79. The fourth-order valence-corrected chi connectivity index (χ4v) is 1.27. The maximum absolute atomic E-state index is 10.9. The van der Waals surface area contributed by atoms with Gasteiger partial charge in [-0.3, -0.25) is 0 Å². The highest BCUT2D eigenvalue weighted by Crippen LogP contribution is 2.07. The minimum atomic E-state index is -0.374. The molecule has 94 valence electrons. The molecule has 1 atom stereocenters. The van der Waals surface area contributed by atoms with E-state index in [0.717, 1.165) is 38.7 Å². The standard InChI is InChI=1S/C13H24O3/c1-4-7-9-12(15-10-8-5-2)11-16-13(14)6-3/h6,12H,3-5,7-11H2,1-2H3. The zero-order chi connectivity index (χ0) is 12.2. The number of unbranched alkanes of at least 4 members (excludes halogenated alkanes) is 2. The predicted octanol–water partition coefficient (Wildman–Crippen LogP) is 3.09. The molecule has 0 radical (unpaired) electrons. The van der Waals surface area contributed by atoms with Gasteiger partial charge in [0.25, 0.3) is 0 Å². The lowest BCUT2D eigenvalue weighted by Crippen LogP contribution is -2.22. The summed E-state index contributed by atoms with van der Waals surface area (Å²) in [6.45, 7) is 8.71. The van der Waals surface area contributed by atoms with Crippen LogP contribution in [0.1, 0.15) is 46.0 Å². The van der Waals surface area contributed by atoms with Gasteiger partial charge in [-0.15, -0.1) is 0 Å². The molecular formula is C13H24O3. The largest absolute Gasteiger partial charge is 0.460 e. The Kier molecular flexibility index (Phi) is 10.1. The first kappa shape index (κ1) is 15.2. The summed E-state index contributed by atoms with van der Waals surface area (Å²) in [4.78, 5) is 10.9. The van der Waals surface area contributed by atoms with E-state index in [1.54, 1.807) is 0 Å². The maximum Gasteiger partial charge on any atom is 0.330 e. The zero-order valence-electron chi connectivity index (χ0n) is 10.5. The van der Waals surface area contributed by atoms with Gasteiger partial charge < -0.3 is 9.47 Å². The van der Waals surface area contributed by atoms with E-state index < -0.39 is 0 Å². The van der Waals surface area contributed by atoms with E-state index in [4.69, 9.17) is 9.47 Å². The molecule has 0 aliphatic rings. The fourth-order valence-electron chi connectivity index (χ4n) is 1.27. The van der Waals surface area contributed by atoms with Crippen molar-refractivity contribution in [3.8, 4) is 0 Å². The van der Waals surface area contributed by atoms with Crippen molar-refractivity contribution in [2.75, 3.05) is 13.2 Å². The number of esters is 1. The second kappa shape index (κ2) is 10.7. The highest BCUT2D eigenvalue weighted by Gasteiger charge is 2.10. The van der Waals surface area contributed by atoms with E-state index in [-0.39, 0.29) is 12.1 Å². The molecule has 0 aliphatic heterocycles. The van der Waals surface area contributed by atoms with Gasteiger partial charge in [-0.05, 0) is 12.8 Å². The summed E-state index contributed by atoms with van der Waals surface area (Å²) in [5.74, 6) is -0.374. The van der Waals surface area contributed by atoms with E-state index in [1.807, 2.05) is 0 Å². The quantitative estimate of drug-likeness (QED) is 0.327. The molecule has 3 nitrogen and oxygen atoms in total. The van der Waals surface area contributed by atoms with E-state index in [0.29, 0.717) is 6.61 Å². The van der Waals surface area contributed by atoms with Crippen LogP contribution in [0.25, 0.3) is 0 Å².